The number of aromatic nitrogens is 1. The van der Waals surface area contributed by atoms with Gasteiger partial charge in [0.1, 0.15) is 17.6 Å². The van der Waals surface area contributed by atoms with Gasteiger partial charge in [-0.25, -0.2) is 8.78 Å². The van der Waals surface area contributed by atoms with E-state index >= 15 is 0 Å². The summed E-state index contributed by atoms with van der Waals surface area (Å²) in [5, 5.41) is 9.60. The lowest BCUT2D eigenvalue weighted by Gasteiger charge is -2.10. The summed E-state index contributed by atoms with van der Waals surface area (Å²) in [6.45, 7) is 1.87. The minimum atomic E-state index is -0.647. The molecule has 6 heteroatoms. The fourth-order valence-corrected chi connectivity index (χ4v) is 2.79. The number of rotatable bonds is 2. The number of nitriles is 1. The van der Waals surface area contributed by atoms with E-state index in [9.17, 15) is 8.78 Å². The van der Waals surface area contributed by atoms with Gasteiger partial charge in [-0.3, -0.25) is 0 Å². The van der Waals surface area contributed by atoms with E-state index in [0.29, 0.717) is 9.99 Å². The number of halogens is 3. The number of benzene rings is 2. The van der Waals surface area contributed by atoms with Crippen LogP contribution in [0, 0.1) is 29.9 Å². The lowest BCUT2D eigenvalue weighted by molar-refractivity contribution is 0.439. The highest BCUT2D eigenvalue weighted by Gasteiger charge is 2.16. The lowest BCUT2D eigenvalue weighted by Crippen LogP contribution is -1.92. The van der Waals surface area contributed by atoms with E-state index < -0.39 is 11.6 Å². The molecular weight excluding hydrogens is 354 g/mol. The molecule has 0 radical (unpaired) electrons. The Morgan fingerprint density at radius 3 is 2.68 bits per heavy atom. The van der Waals surface area contributed by atoms with E-state index in [4.69, 9.17) is 10.00 Å². The number of ether oxygens (including phenoxy) is 1. The quantitative estimate of drug-likeness (QED) is 0.682. The van der Waals surface area contributed by atoms with Gasteiger partial charge in [-0.1, -0.05) is 0 Å². The average molecular weight is 363 g/mol. The van der Waals surface area contributed by atoms with Crippen molar-refractivity contribution in [2.24, 2.45) is 0 Å². The second kappa shape index (κ2) is 5.43. The molecular formula is C16H9BrF2N2O. The molecule has 0 aliphatic heterocycles. The number of aryl methyl sites for hydroxylation is 1. The van der Waals surface area contributed by atoms with Gasteiger partial charge in [0, 0.05) is 28.7 Å². The van der Waals surface area contributed by atoms with Crippen molar-refractivity contribution in [1.29, 1.82) is 5.26 Å². The highest BCUT2D eigenvalue weighted by Crippen LogP contribution is 2.38. The Morgan fingerprint density at radius 1 is 1.18 bits per heavy atom. The van der Waals surface area contributed by atoms with Crippen molar-refractivity contribution >= 4 is 26.8 Å². The summed E-state index contributed by atoms with van der Waals surface area (Å²) in [7, 11) is 0. The van der Waals surface area contributed by atoms with E-state index in [1.807, 2.05) is 13.0 Å². The largest absolute Gasteiger partial charge is 0.453 e. The Balaban J connectivity index is 2.09. The maximum atomic E-state index is 14.2. The minimum Gasteiger partial charge on any atom is -0.453 e. The Morgan fingerprint density at radius 2 is 1.95 bits per heavy atom. The molecule has 22 heavy (non-hydrogen) atoms. The number of hydrogen-bond acceptors (Lipinski definition) is 2. The number of nitrogens with one attached hydrogen (secondary N) is 1. The van der Waals surface area contributed by atoms with Crippen LogP contribution in [0.2, 0.25) is 0 Å². The topological polar surface area (TPSA) is 48.8 Å². The molecule has 110 valence electrons. The Labute approximate surface area is 133 Å². The van der Waals surface area contributed by atoms with Gasteiger partial charge in [0.15, 0.2) is 11.6 Å². The smallest absolute Gasteiger partial charge is 0.177 e. The summed E-state index contributed by atoms with van der Waals surface area (Å²) in [4.78, 5) is 3.04. The van der Waals surface area contributed by atoms with E-state index in [2.05, 4.69) is 20.9 Å². The number of H-pyrrole nitrogens is 1. The molecule has 0 saturated carbocycles. The van der Waals surface area contributed by atoms with Crippen LogP contribution in [0.25, 0.3) is 10.9 Å². The Hall–Kier alpha value is -2.39. The van der Waals surface area contributed by atoms with Gasteiger partial charge in [-0.2, -0.15) is 5.26 Å². The van der Waals surface area contributed by atoms with Crippen molar-refractivity contribution in [3.63, 3.8) is 0 Å². The SMILES string of the molecule is Cc1cc2c(Br)c(Oc3ccc(F)c(C#N)c3)c(F)cc2[nH]1. The van der Waals surface area contributed by atoms with Gasteiger partial charge in [-0.05, 0) is 41.1 Å². The van der Waals surface area contributed by atoms with Gasteiger partial charge in [0.05, 0.1) is 10.0 Å². The predicted octanol–water partition coefficient (Wildman–Crippen LogP) is 5.18. The zero-order valence-corrected chi connectivity index (χ0v) is 13.0. The molecule has 0 spiro atoms. The molecule has 0 saturated heterocycles. The molecule has 0 unspecified atom stereocenters. The second-order valence-electron chi connectivity index (χ2n) is 4.77. The van der Waals surface area contributed by atoms with Crippen molar-refractivity contribution < 1.29 is 13.5 Å². The first kappa shape index (κ1) is 14.5. The average Bonchev–Trinajstić information content (AvgIpc) is 2.85. The summed E-state index contributed by atoms with van der Waals surface area (Å²) in [6, 6.07) is 8.59. The van der Waals surface area contributed by atoms with E-state index in [1.165, 1.54) is 18.2 Å². The molecule has 0 atom stereocenters. The normalized spacial score (nSPS) is 10.7. The molecule has 3 aromatic rings. The summed E-state index contributed by atoms with van der Waals surface area (Å²) in [5.74, 6) is -1.04. The van der Waals surface area contributed by atoms with Crippen LogP contribution in [-0.4, -0.2) is 4.98 Å². The van der Waals surface area contributed by atoms with E-state index in [0.717, 1.165) is 17.1 Å². The lowest BCUT2D eigenvalue weighted by atomic mass is 10.2. The highest BCUT2D eigenvalue weighted by atomic mass is 79.9. The van der Waals surface area contributed by atoms with Crippen LogP contribution in [-0.2, 0) is 0 Å². The van der Waals surface area contributed by atoms with Crippen molar-refractivity contribution in [3.05, 3.63) is 57.7 Å². The third kappa shape index (κ3) is 2.44. The first-order chi connectivity index (χ1) is 10.5. The van der Waals surface area contributed by atoms with Crippen LogP contribution < -0.4 is 4.74 Å². The minimum absolute atomic E-state index is 0.0120. The van der Waals surface area contributed by atoms with Crippen LogP contribution >= 0.6 is 15.9 Å². The summed E-state index contributed by atoms with van der Waals surface area (Å²) >= 11 is 3.33. The third-order valence-electron chi connectivity index (χ3n) is 3.18. The van der Waals surface area contributed by atoms with Gasteiger partial charge in [-0.15, -0.1) is 0 Å². The maximum absolute atomic E-state index is 14.2. The molecule has 0 bridgehead atoms. The fraction of sp³-hybridized carbons (Fsp3) is 0.0625. The van der Waals surface area contributed by atoms with Gasteiger partial charge in [0.2, 0.25) is 0 Å². The molecule has 1 N–H and O–H groups in total. The molecule has 0 amide bonds. The highest BCUT2D eigenvalue weighted by molar-refractivity contribution is 9.10. The summed E-state index contributed by atoms with van der Waals surface area (Å²) in [6.07, 6.45) is 0. The molecule has 1 aromatic heterocycles. The van der Waals surface area contributed by atoms with Crippen LogP contribution in [0.3, 0.4) is 0 Å². The van der Waals surface area contributed by atoms with Crippen molar-refractivity contribution in [2.75, 3.05) is 0 Å². The van der Waals surface area contributed by atoms with Crippen molar-refractivity contribution in [1.82, 2.24) is 4.98 Å². The van der Waals surface area contributed by atoms with Crippen LogP contribution in [0.15, 0.2) is 34.8 Å². The Bertz CT molecular complexity index is 928. The monoisotopic (exact) mass is 362 g/mol. The molecule has 3 nitrogen and oxygen atoms in total. The number of hydrogen-bond donors (Lipinski definition) is 1. The van der Waals surface area contributed by atoms with Crippen LogP contribution in [0.5, 0.6) is 11.5 Å². The first-order valence-electron chi connectivity index (χ1n) is 6.34. The molecule has 1 heterocycles. The third-order valence-corrected chi connectivity index (χ3v) is 3.97. The standard InChI is InChI=1S/C16H9BrF2N2O/c1-8-4-11-14(21-8)6-13(19)16(15(11)17)22-10-2-3-12(18)9(5-10)7-20/h2-6,21H,1H3. The van der Waals surface area contributed by atoms with E-state index in [1.54, 1.807) is 6.07 Å². The van der Waals surface area contributed by atoms with Crippen LogP contribution in [0.1, 0.15) is 11.3 Å². The zero-order chi connectivity index (χ0) is 15.9. The summed E-state index contributed by atoms with van der Waals surface area (Å²) < 4.78 is 33.5. The second-order valence-corrected chi connectivity index (χ2v) is 5.56. The molecule has 0 fully saturated rings. The van der Waals surface area contributed by atoms with Crippen LogP contribution in [0.4, 0.5) is 8.78 Å². The number of fused-ring (bicyclic) bond motifs is 1. The summed E-state index contributed by atoms with van der Waals surface area (Å²) in [5.41, 5.74) is 1.37. The number of nitrogens with zero attached hydrogens (tertiary/aromatic N) is 1. The van der Waals surface area contributed by atoms with Gasteiger partial charge >= 0.3 is 0 Å². The van der Waals surface area contributed by atoms with Gasteiger partial charge < -0.3 is 9.72 Å². The predicted molar refractivity (Wildman–Crippen MR) is 81.9 cm³/mol. The first-order valence-corrected chi connectivity index (χ1v) is 7.13. The van der Waals surface area contributed by atoms with E-state index in [-0.39, 0.29) is 17.1 Å². The molecule has 2 aromatic carbocycles. The maximum Gasteiger partial charge on any atom is 0.177 e. The molecule has 3 rings (SSSR count). The zero-order valence-electron chi connectivity index (χ0n) is 11.4. The molecule has 0 aliphatic rings. The fourth-order valence-electron chi connectivity index (χ4n) is 2.19. The molecule has 0 aliphatic carbocycles. The van der Waals surface area contributed by atoms with Crippen molar-refractivity contribution in [3.8, 4) is 17.6 Å². The Kier molecular flexibility index (Phi) is 3.59. The van der Waals surface area contributed by atoms with Gasteiger partial charge in [0.25, 0.3) is 0 Å². The number of aromatic amines is 1. The van der Waals surface area contributed by atoms with Crippen molar-refractivity contribution in [2.45, 2.75) is 6.92 Å².